The van der Waals surface area contributed by atoms with Crippen LogP contribution in [0.4, 0.5) is 21.5 Å². The number of hydrogen-bond donors (Lipinski definition) is 3. The van der Waals surface area contributed by atoms with Crippen molar-refractivity contribution in [1.29, 1.82) is 0 Å². The minimum Gasteiger partial charge on any atom is -0.398 e. The molecule has 0 atom stereocenters. The van der Waals surface area contributed by atoms with Crippen molar-refractivity contribution in [2.24, 2.45) is 5.73 Å². The number of amides is 1. The smallest absolute Gasteiger partial charge is 0.250 e. The van der Waals surface area contributed by atoms with Crippen LogP contribution in [-0.2, 0) is 0 Å². The fourth-order valence-electron chi connectivity index (χ4n) is 1.64. The van der Waals surface area contributed by atoms with Gasteiger partial charge < -0.3 is 16.8 Å². The Morgan fingerprint density at radius 2 is 2.00 bits per heavy atom. The van der Waals surface area contributed by atoms with Gasteiger partial charge in [-0.05, 0) is 40.2 Å². The normalized spacial score (nSPS) is 10.3. The number of carbonyl (C=O) groups excluding carboxylic acids is 1. The zero-order valence-electron chi connectivity index (χ0n) is 10.1. The van der Waals surface area contributed by atoms with Crippen LogP contribution < -0.4 is 16.8 Å². The van der Waals surface area contributed by atoms with Crippen molar-refractivity contribution in [3.63, 3.8) is 0 Å². The van der Waals surface area contributed by atoms with Gasteiger partial charge in [0, 0.05) is 5.69 Å². The highest BCUT2D eigenvalue weighted by atomic mass is 79.9. The Morgan fingerprint density at radius 1 is 1.30 bits per heavy atom. The van der Waals surface area contributed by atoms with E-state index in [0.717, 1.165) is 6.07 Å². The Balaban J connectivity index is 2.46. The van der Waals surface area contributed by atoms with Gasteiger partial charge in [-0.2, -0.15) is 0 Å². The molecule has 0 radical (unpaired) electrons. The average Bonchev–Trinajstić information content (AvgIpc) is 2.37. The molecule has 0 aliphatic heterocycles. The number of halogens is 3. The van der Waals surface area contributed by atoms with Crippen LogP contribution in [0.1, 0.15) is 10.4 Å². The van der Waals surface area contributed by atoms with Crippen molar-refractivity contribution in [2.45, 2.75) is 0 Å². The predicted octanol–water partition coefficient (Wildman–Crippen LogP) is 3.67. The Hall–Kier alpha value is -1.79. The summed E-state index contributed by atoms with van der Waals surface area (Å²) in [7, 11) is 0. The van der Waals surface area contributed by atoms with Gasteiger partial charge in [0.1, 0.15) is 5.82 Å². The third-order valence-electron chi connectivity index (χ3n) is 2.63. The van der Waals surface area contributed by atoms with E-state index in [9.17, 15) is 9.18 Å². The fraction of sp³-hybridized carbons (Fsp3) is 0. The minimum absolute atomic E-state index is 0.00860. The number of nitrogen functional groups attached to an aromatic ring is 1. The molecule has 104 valence electrons. The molecule has 0 saturated heterocycles. The van der Waals surface area contributed by atoms with Gasteiger partial charge >= 0.3 is 0 Å². The Kier molecular flexibility index (Phi) is 4.15. The van der Waals surface area contributed by atoms with Gasteiger partial charge in [-0.25, -0.2) is 4.39 Å². The van der Waals surface area contributed by atoms with Crippen LogP contribution in [0.5, 0.6) is 0 Å². The third kappa shape index (κ3) is 2.86. The van der Waals surface area contributed by atoms with E-state index in [1.54, 1.807) is 18.2 Å². The second-order valence-corrected chi connectivity index (χ2v) is 5.21. The predicted molar refractivity (Wildman–Crippen MR) is 81.8 cm³/mol. The number of rotatable bonds is 3. The topological polar surface area (TPSA) is 81.1 Å². The lowest BCUT2D eigenvalue weighted by molar-refractivity contribution is 0.100. The van der Waals surface area contributed by atoms with Gasteiger partial charge in [-0.15, -0.1) is 0 Å². The van der Waals surface area contributed by atoms with Crippen LogP contribution in [0.25, 0.3) is 0 Å². The number of anilines is 3. The maximum absolute atomic E-state index is 13.9. The SMILES string of the molecule is NC(=O)c1cc(Nc2cccc(Cl)c2Br)c(F)cc1N. The van der Waals surface area contributed by atoms with Gasteiger partial charge in [-0.3, -0.25) is 4.79 Å². The van der Waals surface area contributed by atoms with Crippen molar-refractivity contribution in [3.05, 3.63) is 51.2 Å². The number of nitrogens with one attached hydrogen (secondary N) is 1. The molecule has 0 fully saturated rings. The van der Waals surface area contributed by atoms with Crippen molar-refractivity contribution >= 4 is 50.5 Å². The Morgan fingerprint density at radius 3 is 2.65 bits per heavy atom. The van der Waals surface area contributed by atoms with E-state index in [4.69, 9.17) is 23.1 Å². The van der Waals surface area contributed by atoms with Crippen LogP contribution in [0, 0.1) is 5.82 Å². The third-order valence-corrected chi connectivity index (χ3v) is 4.02. The second-order valence-electron chi connectivity index (χ2n) is 4.01. The van der Waals surface area contributed by atoms with Gasteiger partial charge in [0.25, 0.3) is 5.91 Å². The highest BCUT2D eigenvalue weighted by Crippen LogP contribution is 2.33. The molecule has 0 aliphatic rings. The zero-order valence-corrected chi connectivity index (χ0v) is 12.4. The molecule has 7 heteroatoms. The molecule has 0 bridgehead atoms. The summed E-state index contributed by atoms with van der Waals surface area (Å²) in [6.07, 6.45) is 0. The molecule has 20 heavy (non-hydrogen) atoms. The quantitative estimate of drug-likeness (QED) is 0.732. The second kappa shape index (κ2) is 5.68. The van der Waals surface area contributed by atoms with Crippen molar-refractivity contribution < 1.29 is 9.18 Å². The van der Waals surface area contributed by atoms with Crippen LogP contribution in [-0.4, -0.2) is 5.91 Å². The van der Waals surface area contributed by atoms with Crippen LogP contribution >= 0.6 is 27.5 Å². The zero-order chi connectivity index (χ0) is 14.9. The molecule has 2 aromatic rings. The lowest BCUT2D eigenvalue weighted by Gasteiger charge is -2.12. The molecule has 1 amide bonds. The highest BCUT2D eigenvalue weighted by molar-refractivity contribution is 9.10. The first-order valence-electron chi connectivity index (χ1n) is 5.50. The van der Waals surface area contributed by atoms with Crippen molar-refractivity contribution in [1.82, 2.24) is 0 Å². The van der Waals surface area contributed by atoms with Gasteiger partial charge in [-0.1, -0.05) is 17.7 Å². The molecule has 0 saturated carbocycles. The van der Waals surface area contributed by atoms with E-state index in [1.807, 2.05) is 0 Å². The first-order valence-corrected chi connectivity index (χ1v) is 6.67. The van der Waals surface area contributed by atoms with E-state index in [1.165, 1.54) is 6.07 Å². The van der Waals surface area contributed by atoms with Gasteiger partial charge in [0.05, 0.1) is 26.4 Å². The molecule has 0 heterocycles. The lowest BCUT2D eigenvalue weighted by Crippen LogP contribution is -2.14. The largest absolute Gasteiger partial charge is 0.398 e. The Labute approximate surface area is 128 Å². The Bertz CT molecular complexity index is 694. The molecule has 0 aliphatic carbocycles. The summed E-state index contributed by atoms with van der Waals surface area (Å²) in [5, 5.41) is 3.31. The maximum Gasteiger partial charge on any atom is 0.250 e. The summed E-state index contributed by atoms with van der Waals surface area (Å²) in [6, 6.07) is 7.40. The number of hydrogen-bond acceptors (Lipinski definition) is 3. The molecule has 4 nitrogen and oxygen atoms in total. The summed E-state index contributed by atoms with van der Waals surface area (Å²) in [5.74, 6) is -1.32. The summed E-state index contributed by atoms with van der Waals surface area (Å²) < 4.78 is 14.5. The molecule has 0 aromatic heterocycles. The van der Waals surface area contributed by atoms with E-state index in [-0.39, 0.29) is 16.9 Å². The lowest BCUT2D eigenvalue weighted by atomic mass is 10.1. The standard InChI is InChI=1S/C13H10BrClFN3O/c14-12-7(15)2-1-3-10(12)19-11-4-6(13(18)20)9(17)5-8(11)16/h1-5,19H,17H2,(H2,18,20). The summed E-state index contributed by atoms with van der Waals surface area (Å²) >= 11 is 9.24. The van der Waals surface area contributed by atoms with E-state index < -0.39 is 11.7 Å². The van der Waals surface area contributed by atoms with Gasteiger partial charge in [0.15, 0.2) is 0 Å². The van der Waals surface area contributed by atoms with E-state index in [2.05, 4.69) is 21.2 Å². The highest BCUT2D eigenvalue weighted by Gasteiger charge is 2.13. The minimum atomic E-state index is -0.726. The van der Waals surface area contributed by atoms with Crippen molar-refractivity contribution in [3.8, 4) is 0 Å². The number of carbonyl (C=O) groups is 1. The number of primary amides is 1. The number of benzene rings is 2. The average molecular weight is 359 g/mol. The van der Waals surface area contributed by atoms with Crippen LogP contribution in [0.3, 0.4) is 0 Å². The van der Waals surface area contributed by atoms with Gasteiger partial charge in [0.2, 0.25) is 0 Å². The molecule has 0 spiro atoms. The molecule has 2 rings (SSSR count). The monoisotopic (exact) mass is 357 g/mol. The van der Waals surface area contributed by atoms with Crippen molar-refractivity contribution in [2.75, 3.05) is 11.1 Å². The first-order chi connectivity index (χ1) is 9.40. The molecule has 0 unspecified atom stereocenters. The summed E-state index contributed by atoms with van der Waals surface area (Å²) in [4.78, 5) is 11.2. The van der Waals surface area contributed by atoms with Crippen LogP contribution in [0.15, 0.2) is 34.8 Å². The van der Waals surface area contributed by atoms with E-state index in [0.29, 0.717) is 15.2 Å². The van der Waals surface area contributed by atoms with E-state index >= 15 is 0 Å². The molecular formula is C13H10BrClFN3O. The number of nitrogens with two attached hydrogens (primary N) is 2. The maximum atomic E-state index is 13.9. The fourth-order valence-corrected chi connectivity index (χ4v) is 2.18. The molecule has 2 aromatic carbocycles. The molecule has 5 N–H and O–H groups in total. The molecular weight excluding hydrogens is 349 g/mol. The summed E-state index contributed by atoms with van der Waals surface area (Å²) in [6.45, 7) is 0. The van der Waals surface area contributed by atoms with Crippen LogP contribution in [0.2, 0.25) is 5.02 Å². The first kappa shape index (κ1) is 14.6. The summed E-state index contributed by atoms with van der Waals surface area (Å²) in [5.41, 5.74) is 11.4.